The van der Waals surface area contributed by atoms with Crippen LogP contribution in [0.15, 0.2) is 13.9 Å². The van der Waals surface area contributed by atoms with Gasteiger partial charge in [0.25, 0.3) is 0 Å². The Kier molecular flexibility index (Phi) is 6.14. The number of piperidine rings is 1. The molecule has 1 atom stereocenters. The summed E-state index contributed by atoms with van der Waals surface area (Å²) in [6, 6.07) is 0. The molecule has 1 fully saturated rings. The lowest BCUT2D eigenvalue weighted by Crippen LogP contribution is -2.45. The number of amides is 1. The molecule has 0 aromatic carbocycles. The Morgan fingerprint density at radius 1 is 1.25 bits per heavy atom. The second-order valence-corrected chi connectivity index (χ2v) is 8.86. The lowest BCUT2D eigenvalue weighted by Gasteiger charge is -2.31. The number of nitrogens with one attached hydrogen (secondary N) is 1. The number of aromatic nitrogens is 3. The van der Waals surface area contributed by atoms with Gasteiger partial charge in [0, 0.05) is 26.1 Å². The summed E-state index contributed by atoms with van der Waals surface area (Å²) in [6.45, 7) is 5.93. The maximum atomic E-state index is 12.9. The lowest BCUT2D eigenvalue weighted by molar-refractivity contribution is -0.126. The van der Waals surface area contributed by atoms with E-state index in [0.29, 0.717) is 56.2 Å². The standard InChI is InChI=1S/C17H25N5O5S/c1-11-16(12(2)26-20-11)28(24,25)22-9-5-6-14(10-22)17(23)18-8-4-7-15-19-13(3)21-27-15/h14H,4-10H2,1-3H3,(H,18,23). The monoisotopic (exact) mass is 411 g/mol. The highest BCUT2D eigenvalue weighted by Gasteiger charge is 2.36. The summed E-state index contributed by atoms with van der Waals surface area (Å²) in [5, 5.41) is 10.3. The van der Waals surface area contributed by atoms with E-state index in [9.17, 15) is 13.2 Å². The normalized spacial score (nSPS) is 18.3. The minimum atomic E-state index is -3.74. The molecule has 0 spiro atoms. The highest BCUT2D eigenvalue weighted by Crippen LogP contribution is 2.27. The van der Waals surface area contributed by atoms with Crippen LogP contribution in [0.25, 0.3) is 0 Å². The van der Waals surface area contributed by atoms with Crippen molar-refractivity contribution in [3.8, 4) is 0 Å². The summed E-state index contributed by atoms with van der Waals surface area (Å²) in [6.07, 6.45) is 2.53. The zero-order chi connectivity index (χ0) is 20.3. The molecule has 3 heterocycles. The number of nitrogens with zero attached hydrogens (tertiary/aromatic N) is 4. The number of aryl methyl sites for hydroxylation is 4. The van der Waals surface area contributed by atoms with Gasteiger partial charge in [-0.2, -0.15) is 9.29 Å². The molecule has 2 aromatic rings. The Hall–Kier alpha value is -2.27. The Morgan fingerprint density at radius 3 is 2.68 bits per heavy atom. The largest absolute Gasteiger partial charge is 0.360 e. The van der Waals surface area contributed by atoms with Gasteiger partial charge in [-0.25, -0.2) is 8.42 Å². The second kappa shape index (κ2) is 8.39. The van der Waals surface area contributed by atoms with Gasteiger partial charge < -0.3 is 14.4 Å². The molecule has 10 nitrogen and oxygen atoms in total. The first kappa shape index (κ1) is 20.5. The summed E-state index contributed by atoms with van der Waals surface area (Å²) < 4.78 is 37.3. The van der Waals surface area contributed by atoms with Gasteiger partial charge in [-0.15, -0.1) is 0 Å². The molecule has 11 heteroatoms. The average Bonchev–Trinajstić information content (AvgIpc) is 3.23. The summed E-state index contributed by atoms with van der Waals surface area (Å²) in [4.78, 5) is 16.7. The number of hydrogen-bond donors (Lipinski definition) is 1. The molecular formula is C17H25N5O5S. The number of hydrogen-bond acceptors (Lipinski definition) is 8. The first-order chi connectivity index (χ1) is 13.3. The maximum absolute atomic E-state index is 12.9. The van der Waals surface area contributed by atoms with Crippen molar-refractivity contribution >= 4 is 15.9 Å². The van der Waals surface area contributed by atoms with Crippen LogP contribution in [0.3, 0.4) is 0 Å². The van der Waals surface area contributed by atoms with Crippen molar-refractivity contribution in [2.75, 3.05) is 19.6 Å². The van der Waals surface area contributed by atoms with Crippen molar-refractivity contribution in [3.05, 3.63) is 23.2 Å². The van der Waals surface area contributed by atoms with E-state index in [4.69, 9.17) is 9.05 Å². The molecule has 1 saturated heterocycles. The molecule has 28 heavy (non-hydrogen) atoms. The molecule has 0 bridgehead atoms. The minimum absolute atomic E-state index is 0.100. The topological polar surface area (TPSA) is 131 Å². The fraction of sp³-hybridized carbons (Fsp3) is 0.647. The van der Waals surface area contributed by atoms with Gasteiger partial charge in [0.2, 0.25) is 21.8 Å². The van der Waals surface area contributed by atoms with Crippen LogP contribution in [-0.2, 0) is 21.2 Å². The molecule has 1 N–H and O–H groups in total. The zero-order valence-electron chi connectivity index (χ0n) is 16.3. The second-order valence-electron chi connectivity index (χ2n) is 6.99. The van der Waals surface area contributed by atoms with Crippen LogP contribution in [0.5, 0.6) is 0 Å². The van der Waals surface area contributed by atoms with Crippen molar-refractivity contribution in [1.29, 1.82) is 0 Å². The highest BCUT2D eigenvalue weighted by molar-refractivity contribution is 7.89. The lowest BCUT2D eigenvalue weighted by atomic mass is 9.99. The molecule has 0 saturated carbocycles. The van der Waals surface area contributed by atoms with E-state index >= 15 is 0 Å². The Bertz CT molecular complexity index is 916. The average molecular weight is 411 g/mol. The fourth-order valence-electron chi connectivity index (χ4n) is 3.38. The van der Waals surface area contributed by atoms with Crippen molar-refractivity contribution in [3.63, 3.8) is 0 Å². The first-order valence-corrected chi connectivity index (χ1v) is 10.7. The van der Waals surface area contributed by atoms with E-state index in [-0.39, 0.29) is 29.0 Å². The van der Waals surface area contributed by atoms with Gasteiger partial charge in [-0.05, 0) is 40.0 Å². The summed E-state index contributed by atoms with van der Waals surface area (Å²) >= 11 is 0. The Morgan fingerprint density at radius 2 is 2.04 bits per heavy atom. The third kappa shape index (κ3) is 4.41. The molecule has 154 valence electrons. The van der Waals surface area contributed by atoms with Gasteiger partial charge in [-0.3, -0.25) is 4.79 Å². The smallest absolute Gasteiger partial charge is 0.248 e. The van der Waals surface area contributed by atoms with Crippen LogP contribution in [0.2, 0.25) is 0 Å². The fourth-order valence-corrected chi connectivity index (χ4v) is 5.20. The SMILES string of the molecule is Cc1noc(CCCNC(=O)C2CCCN(S(=O)(=O)c3c(C)noc3C)C2)n1. The number of rotatable bonds is 7. The maximum Gasteiger partial charge on any atom is 0.248 e. The van der Waals surface area contributed by atoms with E-state index < -0.39 is 10.0 Å². The molecule has 1 aliphatic rings. The van der Waals surface area contributed by atoms with Crippen LogP contribution in [0.4, 0.5) is 0 Å². The Balaban J connectivity index is 1.54. The summed E-state index contributed by atoms with van der Waals surface area (Å²) in [5.74, 6) is 0.873. The van der Waals surface area contributed by atoms with Crippen LogP contribution in [0.1, 0.15) is 42.4 Å². The zero-order valence-corrected chi connectivity index (χ0v) is 17.1. The van der Waals surface area contributed by atoms with Crippen molar-refractivity contribution < 1.29 is 22.3 Å². The van der Waals surface area contributed by atoms with E-state index in [0.717, 1.165) is 0 Å². The van der Waals surface area contributed by atoms with Gasteiger partial charge in [0.1, 0.15) is 10.6 Å². The van der Waals surface area contributed by atoms with Gasteiger partial charge in [-0.1, -0.05) is 10.3 Å². The first-order valence-electron chi connectivity index (χ1n) is 9.29. The molecule has 1 amide bonds. The van der Waals surface area contributed by atoms with Crippen molar-refractivity contribution in [2.45, 2.75) is 51.3 Å². The third-order valence-corrected chi connectivity index (χ3v) is 6.87. The molecule has 3 rings (SSSR count). The predicted molar refractivity (Wildman–Crippen MR) is 97.8 cm³/mol. The van der Waals surface area contributed by atoms with Crippen LogP contribution in [-0.4, -0.2) is 53.6 Å². The van der Waals surface area contributed by atoms with Crippen LogP contribution < -0.4 is 5.32 Å². The van der Waals surface area contributed by atoms with Gasteiger partial charge >= 0.3 is 0 Å². The third-order valence-electron chi connectivity index (χ3n) is 4.76. The molecule has 0 aliphatic carbocycles. The number of carbonyl (C=O) groups excluding carboxylic acids is 1. The molecule has 0 radical (unpaired) electrons. The molecule has 1 aliphatic heterocycles. The molecular weight excluding hydrogens is 386 g/mol. The number of sulfonamides is 1. The van der Waals surface area contributed by atoms with Crippen LogP contribution in [0, 0.1) is 26.7 Å². The number of carbonyl (C=O) groups is 1. The van der Waals surface area contributed by atoms with Gasteiger partial charge in [0.15, 0.2) is 11.6 Å². The Labute approximate surface area is 163 Å². The van der Waals surface area contributed by atoms with E-state index in [1.54, 1.807) is 20.8 Å². The van der Waals surface area contributed by atoms with E-state index in [2.05, 4.69) is 20.6 Å². The summed E-state index contributed by atoms with van der Waals surface area (Å²) in [7, 11) is -3.74. The van der Waals surface area contributed by atoms with Gasteiger partial charge in [0.05, 0.1) is 5.92 Å². The molecule has 1 unspecified atom stereocenters. The quantitative estimate of drug-likeness (QED) is 0.671. The van der Waals surface area contributed by atoms with Crippen molar-refractivity contribution in [2.24, 2.45) is 5.92 Å². The van der Waals surface area contributed by atoms with Crippen LogP contribution >= 0.6 is 0 Å². The predicted octanol–water partition coefficient (Wildman–Crippen LogP) is 1.13. The van der Waals surface area contributed by atoms with E-state index in [1.807, 2.05) is 0 Å². The van der Waals surface area contributed by atoms with E-state index in [1.165, 1.54) is 4.31 Å². The molecule has 2 aromatic heterocycles. The van der Waals surface area contributed by atoms with Crippen molar-refractivity contribution in [1.82, 2.24) is 24.9 Å². The minimum Gasteiger partial charge on any atom is -0.360 e. The summed E-state index contributed by atoms with van der Waals surface area (Å²) in [5.41, 5.74) is 0.334. The highest BCUT2D eigenvalue weighted by atomic mass is 32.2.